The summed E-state index contributed by atoms with van der Waals surface area (Å²) in [7, 11) is 0. The van der Waals surface area contributed by atoms with E-state index in [2.05, 4.69) is 10.6 Å². The van der Waals surface area contributed by atoms with Gasteiger partial charge in [-0.15, -0.1) is 0 Å². The third-order valence-corrected chi connectivity index (χ3v) is 2.40. The first-order valence-electron chi connectivity index (χ1n) is 5.02. The lowest BCUT2D eigenvalue weighted by molar-refractivity contribution is -0.124. The van der Waals surface area contributed by atoms with Gasteiger partial charge in [0, 0.05) is 25.2 Å². The molecule has 6 heteroatoms. The lowest BCUT2D eigenvalue weighted by atomic mass is 10.0. The molecule has 0 aromatic heterocycles. The highest BCUT2D eigenvalue weighted by Crippen LogP contribution is 2.16. The predicted molar refractivity (Wildman–Crippen MR) is 50.8 cm³/mol. The first kappa shape index (κ1) is 12.7. The number of hydrogen-bond acceptors (Lipinski definition) is 3. The molecule has 3 nitrogen and oxygen atoms in total. The van der Waals surface area contributed by atoms with Crippen LogP contribution in [-0.2, 0) is 4.74 Å². The fourth-order valence-electron chi connectivity index (χ4n) is 1.49. The molecule has 1 aliphatic rings. The van der Waals surface area contributed by atoms with Gasteiger partial charge in [0.05, 0.1) is 13.2 Å². The normalized spacial score (nSPS) is 27.2. The van der Waals surface area contributed by atoms with Crippen LogP contribution in [0.4, 0.5) is 13.2 Å². The second-order valence-electron chi connectivity index (χ2n) is 4.08. The van der Waals surface area contributed by atoms with Crippen molar-refractivity contribution in [3.8, 4) is 0 Å². The van der Waals surface area contributed by atoms with Gasteiger partial charge < -0.3 is 15.4 Å². The van der Waals surface area contributed by atoms with Crippen molar-refractivity contribution in [3.05, 3.63) is 0 Å². The fourth-order valence-corrected chi connectivity index (χ4v) is 1.49. The van der Waals surface area contributed by atoms with E-state index in [1.165, 1.54) is 0 Å². The van der Waals surface area contributed by atoms with Crippen LogP contribution in [0, 0.1) is 0 Å². The van der Waals surface area contributed by atoms with Gasteiger partial charge in [-0.2, -0.15) is 13.2 Å². The molecule has 2 N–H and O–H groups in total. The van der Waals surface area contributed by atoms with Crippen LogP contribution in [0.1, 0.15) is 13.3 Å². The second-order valence-corrected chi connectivity index (χ2v) is 4.08. The SMILES string of the molecule is CC1(NCCNCC(F)(F)F)CCOC1. The number of rotatable bonds is 5. The largest absolute Gasteiger partial charge is 0.401 e. The molecule has 0 spiro atoms. The van der Waals surface area contributed by atoms with Crippen LogP contribution < -0.4 is 10.6 Å². The van der Waals surface area contributed by atoms with E-state index >= 15 is 0 Å². The molecule has 1 saturated heterocycles. The Hall–Kier alpha value is -0.330. The Morgan fingerprint density at radius 3 is 2.60 bits per heavy atom. The fraction of sp³-hybridized carbons (Fsp3) is 1.00. The van der Waals surface area contributed by atoms with E-state index in [9.17, 15) is 13.2 Å². The number of nitrogens with one attached hydrogen (secondary N) is 2. The summed E-state index contributed by atoms with van der Waals surface area (Å²) in [6, 6.07) is 0. The molecule has 1 rings (SSSR count). The van der Waals surface area contributed by atoms with Gasteiger partial charge in [-0.25, -0.2) is 0 Å². The predicted octanol–water partition coefficient (Wildman–Crippen LogP) is 0.907. The van der Waals surface area contributed by atoms with Crippen molar-refractivity contribution >= 4 is 0 Å². The van der Waals surface area contributed by atoms with Gasteiger partial charge in [-0.3, -0.25) is 0 Å². The van der Waals surface area contributed by atoms with Crippen LogP contribution in [0.25, 0.3) is 0 Å². The van der Waals surface area contributed by atoms with Crippen molar-refractivity contribution in [1.29, 1.82) is 0 Å². The summed E-state index contributed by atoms with van der Waals surface area (Å²) >= 11 is 0. The molecular weight excluding hydrogens is 209 g/mol. The number of halogens is 3. The molecule has 1 heterocycles. The Balaban J connectivity index is 2.02. The van der Waals surface area contributed by atoms with Crippen molar-refractivity contribution in [1.82, 2.24) is 10.6 Å². The topological polar surface area (TPSA) is 33.3 Å². The third kappa shape index (κ3) is 5.34. The zero-order chi connectivity index (χ0) is 11.4. The maximum Gasteiger partial charge on any atom is 0.401 e. The monoisotopic (exact) mass is 226 g/mol. The van der Waals surface area contributed by atoms with E-state index in [0.29, 0.717) is 19.7 Å². The van der Waals surface area contributed by atoms with Gasteiger partial charge in [-0.1, -0.05) is 0 Å². The van der Waals surface area contributed by atoms with Gasteiger partial charge in [-0.05, 0) is 13.3 Å². The molecule has 0 aromatic rings. The summed E-state index contributed by atoms with van der Waals surface area (Å²) in [6.07, 6.45) is -3.22. The van der Waals surface area contributed by atoms with Crippen LogP contribution in [0.5, 0.6) is 0 Å². The molecule has 0 bridgehead atoms. The molecule has 0 aromatic carbocycles. The quantitative estimate of drug-likeness (QED) is 0.683. The Labute approximate surface area is 87.4 Å². The molecule has 90 valence electrons. The third-order valence-electron chi connectivity index (χ3n) is 2.40. The van der Waals surface area contributed by atoms with Gasteiger partial charge >= 0.3 is 6.18 Å². The highest BCUT2D eigenvalue weighted by atomic mass is 19.4. The van der Waals surface area contributed by atoms with E-state index in [4.69, 9.17) is 4.74 Å². The summed E-state index contributed by atoms with van der Waals surface area (Å²) in [5, 5.41) is 5.53. The maximum absolute atomic E-state index is 11.8. The molecule has 0 amide bonds. The highest BCUT2D eigenvalue weighted by molar-refractivity contribution is 4.86. The minimum absolute atomic E-state index is 0.0695. The number of alkyl halides is 3. The molecule has 0 radical (unpaired) electrons. The van der Waals surface area contributed by atoms with Crippen LogP contribution in [0.3, 0.4) is 0 Å². The molecule has 1 aliphatic heterocycles. The summed E-state index contributed by atoms with van der Waals surface area (Å²) in [6.45, 7) is 3.28. The van der Waals surface area contributed by atoms with E-state index in [-0.39, 0.29) is 5.54 Å². The van der Waals surface area contributed by atoms with Gasteiger partial charge in [0.25, 0.3) is 0 Å². The summed E-state index contributed by atoms with van der Waals surface area (Å²) < 4.78 is 40.5. The standard InChI is InChI=1S/C9H17F3N2O/c1-8(2-5-15-7-8)14-4-3-13-6-9(10,11)12/h13-14H,2-7H2,1H3. The Bertz CT molecular complexity index is 190. The van der Waals surface area contributed by atoms with Crippen LogP contribution in [-0.4, -0.2) is 44.6 Å². The van der Waals surface area contributed by atoms with E-state index in [0.717, 1.165) is 13.0 Å². The smallest absolute Gasteiger partial charge is 0.379 e. The molecular formula is C9H17F3N2O. The maximum atomic E-state index is 11.8. The van der Waals surface area contributed by atoms with Crippen molar-refractivity contribution in [2.45, 2.75) is 25.1 Å². The van der Waals surface area contributed by atoms with Crippen molar-refractivity contribution in [2.24, 2.45) is 0 Å². The van der Waals surface area contributed by atoms with E-state index in [1.807, 2.05) is 6.92 Å². The minimum atomic E-state index is -4.12. The van der Waals surface area contributed by atoms with Crippen molar-refractivity contribution < 1.29 is 17.9 Å². The van der Waals surface area contributed by atoms with Crippen LogP contribution in [0.2, 0.25) is 0 Å². The molecule has 1 fully saturated rings. The van der Waals surface area contributed by atoms with Crippen molar-refractivity contribution in [2.75, 3.05) is 32.8 Å². The molecule has 0 saturated carbocycles. The van der Waals surface area contributed by atoms with Gasteiger partial charge in [0.15, 0.2) is 0 Å². The van der Waals surface area contributed by atoms with Gasteiger partial charge in [0.1, 0.15) is 0 Å². The zero-order valence-electron chi connectivity index (χ0n) is 8.78. The number of ether oxygens (including phenoxy) is 1. The Morgan fingerprint density at radius 2 is 2.07 bits per heavy atom. The first-order valence-corrected chi connectivity index (χ1v) is 5.02. The average molecular weight is 226 g/mol. The molecule has 1 unspecified atom stereocenters. The lowest BCUT2D eigenvalue weighted by Gasteiger charge is -2.23. The summed E-state index contributed by atoms with van der Waals surface area (Å²) in [5.74, 6) is 0. The zero-order valence-corrected chi connectivity index (χ0v) is 8.78. The minimum Gasteiger partial charge on any atom is -0.379 e. The average Bonchev–Trinajstić information content (AvgIpc) is 2.50. The lowest BCUT2D eigenvalue weighted by Crippen LogP contribution is -2.46. The number of hydrogen-bond donors (Lipinski definition) is 2. The van der Waals surface area contributed by atoms with Gasteiger partial charge in [0.2, 0.25) is 0 Å². The van der Waals surface area contributed by atoms with Crippen LogP contribution >= 0.6 is 0 Å². The first-order chi connectivity index (χ1) is 6.91. The highest BCUT2D eigenvalue weighted by Gasteiger charge is 2.29. The molecule has 0 aliphatic carbocycles. The second kappa shape index (κ2) is 5.14. The van der Waals surface area contributed by atoms with E-state index in [1.54, 1.807) is 0 Å². The summed E-state index contributed by atoms with van der Waals surface area (Å²) in [4.78, 5) is 0. The molecule has 15 heavy (non-hydrogen) atoms. The van der Waals surface area contributed by atoms with E-state index < -0.39 is 12.7 Å². The Morgan fingerprint density at radius 1 is 1.33 bits per heavy atom. The van der Waals surface area contributed by atoms with Crippen LogP contribution in [0.15, 0.2) is 0 Å². The summed E-state index contributed by atoms with van der Waals surface area (Å²) in [5.41, 5.74) is -0.0695. The molecule has 1 atom stereocenters. The van der Waals surface area contributed by atoms with Crippen molar-refractivity contribution in [3.63, 3.8) is 0 Å². The Kier molecular flexibility index (Phi) is 4.36.